The lowest BCUT2D eigenvalue weighted by atomic mass is 9.88. The number of rotatable bonds is 4. The minimum Gasteiger partial charge on any atom is -0.186 e. The quantitative estimate of drug-likeness (QED) is 0.124. The number of pyridine rings is 2. The molecule has 0 bridgehead atoms. The molecule has 3 heterocycles. The largest absolute Gasteiger partial charge is 0.416 e. The standard InChI is InChI=1S/C45H23F12N2/c46-42(47,48)28-16-8-24(9-17-28)36-32-4-3-5-33-37(25-10-18-29(19-11-25)43(49,50)51)40(27-14-22-31(23-15-27)45(55,56)57)59-35-7-2-1-6-34(35)58(41(59)38(32)33)39(36)26-12-20-30(21-13-26)44(52,53)54/h1-23H/q+1. The Bertz CT molecular complexity index is 2840. The molecule has 0 saturated heterocycles. The van der Waals surface area contributed by atoms with Crippen LogP contribution < -0.4 is 4.40 Å². The van der Waals surface area contributed by atoms with Gasteiger partial charge in [0, 0.05) is 33.0 Å². The van der Waals surface area contributed by atoms with Crippen molar-refractivity contribution >= 4 is 32.8 Å². The van der Waals surface area contributed by atoms with Gasteiger partial charge in [-0.25, -0.2) is 0 Å². The maximum absolute atomic E-state index is 13.9. The molecule has 0 aliphatic heterocycles. The van der Waals surface area contributed by atoms with Crippen molar-refractivity contribution in [2.24, 2.45) is 0 Å². The monoisotopic (exact) mass is 819 g/mol. The zero-order chi connectivity index (χ0) is 41.8. The summed E-state index contributed by atoms with van der Waals surface area (Å²) in [5, 5.41) is 1.33. The average Bonchev–Trinajstić information content (AvgIpc) is 3.53. The summed E-state index contributed by atoms with van der Waals surface area (Å²) in [5.41, 5.74) is -0.175. The van der Waals surface area contributed by atoms with Crippen LogP contribution in [0.5, 0.6) is 0 Å². The summed E-state index contributed by atoms with van der Waals surface area (Å²) < 4.78 is 170. The number of halogens is 12. The molecule has 0 N–H and O–H groups in total. The van der Waals surface area contributed by atoms with Gasteiger partial charge >= 0.3 is 30.4 Å². The van der Waals surface area contributed by atoms with Crippen LogP contribution in [0.1, 0.15) is 22.3 Å². The summed E-state index contributed by atoms with van der Waals surface area (Å²) in [4.78, 5) is 0. The van der Waals surface area contributed by atoms with E-state index in [1.807, 2.05) is 0 Å². The Kier molecular flexibility index (Phi) is 8.35. The van der Waals surface area contributed by atoms with Crippen LogP contribution in [0.3, 0.4) is 0 Å². The number of nitrogens with zero attached hydrogens (tertiary/aromatic N) is 2. The van der Waals surface area contributed by atoms with Crippen LogP contribution in [0.25, 0.3) is 77.6 Å². The van der Waals surface area contributed by atoms with Gasteiger partial charge < -0.3 is 0 Å². The second kappa shape index (κ2) is 13.0. The van der Waals surface area contributed by atoms with Gasteiger partial charge in [-0.1, -0.05) is 78.9 Å². The van der Waals surface area contributed by atoms with Crippen LogP contribution in [0, 0.1) is 0 Å². The molecule has 59 heavy (non-hydrogen) atoms. The topological polar surface area (TPSA) is 8.51 Å². The van der Waals surface area contributed by atoms with Gasteiger partial charge in [-0.2, -0.15) is 61.5 Å². The first-order chi connectivity index (χ1) is 27.8. The molecular weight excluding hydrogens is 796 g/mol. The summed E-state index contributed by atoms with van der Waals surface area (Å²) in [6.45, 7) is 0. The highest BCUT2D eigenvalue weighted by Crippen LogP contribution is 2.48. The van der Waals surface area contributed by atoms with Crippen molar-refractivity contribution in [2.45, 2.75) is 24.7 Å². The SMILES string of the molecule is FC(F)(F)c1ccc(-c2c(-c3ccc(C(F)(F)F)cc3)n3c4ccccc4[n+]4c(-c5ccc(C(F)(F)F)cc5)c(-c5ccc(C(F)(F)F)cc5)c5cccc2c5c34)cc1. The molecule has 0 atom stereocenters. The first-order valence-electron chi connectivity index (χ1n) is 17.7. The van der Waals surface area contributed by atoms with E-state index in [4.69, 9.17) is 0 Å². The maximum Gasteiger partial charge on any atom is 0.416 e. The number of para-hydroxylation sites is 2. The summed E-state index contributed by atoms with van der Waals surface area (Å²) in [6.07, 6.45) is -18.8. The molecule has 0 unspecified atom stereocenters. The number of imidazole rings is 1. The molecule has 3 aromatic heterocycles. The number of hydrogen-bond acceptors (Lipinski definition) is 0. The summed E-state index contributed by atoms with van der Waals surface area (Å²) >= 11 is 0. The molecule has 0 aliphatic rings. The van der Waals surface area contributed by atoms with Crippen LogP contribution in [-0.4, -0.2) is 4.40 Å². The minimum absolute atomic E-state index is 0.252. The lowest BCUT2D eigenvalue weighted by Crippen LogP contribution is -2.26. The van der Waals surface area contributed by atoms with Crippen molar-refractivity contribution in [3.8, 4) is 44.8 Å². The molecule has 296 valence electrons. The molecule has 9 aromatic rings. The second-order valence-electron chi connectivity index (χ2n) is 14.0. The van der Waals surface area contributed by atoms with Crippen molar-refractivity contribution in [2.75, 3.05) is 0 Å². The van der Waals surface area contributed by atoms with Gasteiger partial charge in [0.05, 0.1) is 27.6 Å². The van der Waals surface area contributed by atoms with E-state index in [0.29, 0.717) is 44.0 Å². The van der Waals surface area contributed by atoms with Crippen LogP contribution in [0.2, 0.25) is 0 Å². The molecule has 6 aromatic carbocycles. The Morgan fingerprint density at radius 3 is 1.22 bits per heavy atom. The Labute approximate surface area is 325 Å². The molecule has 9 rings (SSSR count). The number of alkyl halides is 12. The fraction of sp³-hybridized carbons (Fsp3) is 0.0889. The van der Waals surface area contributed by atoms with Crippen molar-refractivity contribution < 1.29 is 57.1 Å². The highest BCUT2D eigenvalue weighted by atomic mass is 19.4. The van der Waals surface area contributed by atoms with Gasteiger partial charge in [-0.15, -0.1) is 0 Å². The number of hydrogen-bond donors (Lipinski definition) is 0. The second-order valence-corrected chi connectivity index (χ2v) is 14.0. The Morgan fingerprint density at radius 1 is 0.373 bits per heavy atom. The van der Waals surface area contributed by atoms with Crippen LogP contribution in [0.4, 0.5) is 52.7 Å². The van der Waals surface area contributed by atoms with Crippen LogP contribution in [0.15, 0.2) is 140 Å². The predicted molar refractivity (Wildman–Crippen MR) is 199 cm³/mol. The molecule has 0 amide bonds. The van der Waals surface area contributed by atoms with Crippen molar-refractivity contribution in [3.63, 3.8) is 0 Å². The zero-order valence-corrected chi connectivity index (χ0v) is 29.7. The van der Waals surface area contributed by atoms with E-state index < -0.39 is 47.0 Å². The first kappa shape index (κ1) is 38.0. The highest BCUT2D eigenvalue weighted by molar-refractivity contribution is 6.20. The lowest BCUT2D eigenvalue weighted by Gasteiger charge is -2.19. The van der Waals surface area contributed by atoms with Gasteiger partial charge in [0.15, 0.2) is 11.0 Å². The van der Waals surface area contributed by atoms with Gasteiger partial charge in [0.25, 0.3) is 0 Å². The Hall–Kier alpha value is -6.57. The normalized spacial score (nSPS) is 13.1. The van der Waals surface area contributed by atoms with E-state index in [1.165, 1.54) is 48.5 Å². The van der Waals surface area contributed by atoms with Gasteiger partial charge in [-0.3, -0.25) is 0 Å². The van der Waals surface area contributed by atoms with E-state index in [1.54, 1.807) is 51.3 Å². The van der Waals surface area contributed by atoms with Crippen LogP contribution >= 0.6 is 0 Å². The van der Waals surface area contributed by atoms with Gasteiger partial charge in [0.2, 0.25) is 0 Å². The van der Waals surface area contributed by atoms with E-state index in [9.17, 15) is 52.7 Å². The molecule has 0 aliphatic carbocycles. The molecule has 0 fully saturated rings. The fourth-order valence-corrected chi connectivity index (χ4v) is 7.95. The molecule has 0 spiro atoms. The van der Waals surface area contributed by atoms with E-state index in [2.05, 4.69) is 0 Å². The number of aromatic nitrogens is 2. The highest BCUT2D eigenvalue weighted by Gasteiger charge is 2.38. The average molecular weight is 820 g/mol. The molecular formula is C45H23F12N2+. The van der Waals surface area contributed by atoms with Gasteiger partial charge in [0.1, 0.15) is 11.4 Å². The summed E-state index contributed by atoms with van der Waals surface area (Å²) in [5.74, 6) is 0. The Balaban J connectivity index is 1.51. The maximum atomic E-state index is 13.9. The minimum atomic E-state index is -4.69. The first-order valence-corrected chi connectivity index (χ1v) is 17.7. The van der Waals surface area contributed by atoms with E-state index >= 15 is 0 Å². The Morgan fingerprint density at radius 2 is 0.763 bits per heavy atom. The van der Waals surface area contributed by atoms with Crippen LogP contribution in [-0.2, 0) is 24.7 Å². The molecule has 0 saturated carbocycles. The third-order valence-electron chi connectivity index (χ3n) is 10.5. The van der Waals surface area contributed by atoms with Crippen molar-refractivity contribution in [1.29, 1.82) is 0 Å². The van der Waals surface area contributed by atoms with Gasteiger partial charge in [-0.05, 0) is 71.8 Å². The van der Waals surface area contributed by atoms with E-state index in [0.717, 1.165) is 48.5 Å². The summed E-state index contributed by atoms with van der Waals surface area (Å²) in [6, 6.07) is 29.0. The molecule has 0 radical (unpaired) electrons. The van der Waals surface area contributed by atoms with E-state index in [-0.39, 0.29) is 33.6 Å². The third kappa shape index (κ3) is 6.19. The smallest absolute Gasteiger partial charge is 0.186 e. The predicted octanol–water partition coefficient (Wildman–Crippen LogP) is 14.2. The molecule has 2 nitrogen and oxygen atoms in total. The van der Waals surface area contributed by atoms with Crippen molar-refractivity contribution in [1.82, 2.24) is 4.40 Å². The van der Waals surface area contributed by atoms with Crippen molar-refractivity contribution in [3.05, 3.63) is 162 Å². The summed E-state index contributed by atoms with van der Waals surface area (Å²) in [7, 11) is 0. The zero-order valence-electron chi connectivity index (χ0n) is 29.7. The number of benzene rings is 6. The third-order valence-corrected chi connectivity index (χ3v) is 10.5. The molecule has 14 heteroatoms. The lowest BCUT2D eigenvalue weighted by molar-refractivity contribution is -0.466. The number of fused-ring (bicyclic) bond motifs is 3. The fourth-order valence-electron chi connectivity index (χ4n) is 7.95.